The van der Waals surface area contributed by atoms with Crippen LogP contribution in [0.4, 0.5) is 0 Å². The fourth-order valence-electron chi connectivity index (χ4n) is 1.52. The average Bonchev–Trinajstić information content (AvgIpc) is 1.82. The maximum absolute atomic E-state index is 11.2. The van der Waals surface area contributed by atoms with Crippen molar-refractivity contribution in [2.45, 2.75) is 19.1 Å². The van der Waals surface area contributed by atoms with E-state index in [-0.39, 0.29) is 22.8 Å². The SMILES string of the molecule is C#CC1C(C)CS(=O)(=O)SC1C. The lowest BCUT2D eigenvalue weighted by Crippen LogP contribution is -2.32. The Hall–Kier alpha value is -0.140. The second-order valence-corrected chi connectivity index (χ2v) is 7.68. The van der Waals surface area contributed by atoms with Gasteiger partial charge in [-0.15, -0.1) is 12.3 Å². The Kier molecular flexibility index (Phi) is 2.74. The minimum Gasteiger partial charge on any atom is -0.217 e. The van der Waals surface area contributed by atoms with Gasteiger partial charge in [0.25, 0.3) is 0 Å². The van der Waals surface area contributed by atoms with Gasteiger partial charge in [-0.2, -0.15) is 0 Å². The summed E-state index contributed by atoms with van der Waals surface area (Å²) in [5, 5.41) is 0.0312. The van der Waals surface area contributed by atoms with Crippen LogP contribution in [0, 0.1) is 24.2 Å². The Morgan fingerprint density at radius 2 is 2.08 bits per heavy atom. The highest BCUT2D eigenvalue weighted by molar-refractivity contribution is 8.72. The Balaban J connectivity index is 2.86. The van der Waals surface area contributed by atoms with Crippen molar-refractivity contribution in [3.05, 3.63) is 0 Å². The fourth-order valence-corrected chi connectivity index (χ4v) is 6.00. The van der Waals surface area contributed by atoms with Crippen molar-refractivity contribution in [1.29, 1.82) is 0 Å². The van der Waals surface area contributed by atoms with Crippen LogP contribution >= 0.6 is 10.8 Å². The van der Waals surface area contributed by atoms with Gasteiger partial charge in [0, 0.05) is 11.2 Å². The Morgan fingerprint density at radius 3 is 2.50 bits per heavy atom. The summed E-state index contributed by atoms with van der Waals surface area (Å²) < 4.78 is 22.5. The summed E-state index contributed by atoms with van der Waals surface area (Å²) in [6.45, 7) is 3.78. The van der Waals surface area contributed by atoms with Crippen molar-refractivity contribution < 1.29 is 8.42 Å². The predicted molar refractivity (Wildman–Crippen MR) is 52.3 cm³/mol. The summed E-state index contributed by atoms with van der Waals surface area (Å²) in [5.41, 5.74) is 0. The van der Waals surface area contributed by atoms with Crippen molar-refractivity contribution >= 4 is 19.7 Å². The molecule has 1 rings (SSSR count). The third-order valence-corrected chi connectivity index (χ3v) is 6.10. The van der Waals surface area contributed by atoms with E-state index < -0.39 is 8.87 Å². The van der Waals surface area contributed by atoms with E-state index in [0.717, 1.165) is 10.8 Å². The Labute approximate surface area is 77.4 Å². The summed E-state index contributed by atoms with van der Waals surface area (Å²) in [6, 6.07) is 0. The van der Waals surface area contributed by atoms with Gasteiger partial charge in [0.1, 0.15) is 0 Å². The quantitative estimate of drug-likeness (QED) is 0.441. The fraction of sp³-hybridized carbons (Fsp3) is 0.750. The van der Waals surface area contributed by atoms with Gasteiger partial charge in [-0.3, -0.25) is 0 Å². The average molecular weight is 204 g/mol. The molecule has 12 heavy (non-hydrogen) atoms. The molecule has 2 nitrogen and oxygen atoms in total. The normalized spacial score (nSPS) is 40.2. The lowest BCUT2D eigenvalue weighted by atomic mass is 9.94. The van der Waals surface area contributed by atoms with Crippen LogP contribution in [0.15, 0.2) is 0 Å². The summed E-state index contributed by atoms with van der Waals surface area (Å²) >= 11 is 0. The van der Waals surface area contributed by atoms with Crippen molar-refractivity contribution in [3.8, 4) is 12.3 Å². The van der Waals surface area contributed by atoms with Gasteiger partial charge in [-0.25, -0.2) is 8.42 Å². The van der Waals surface area contributed by atoms with Gasteiger partial charge < -0.3 is 0 Å². The van der Waals surface area contributed by atoms with Crippen LogP contribution in [0.2, 0.25) is 0 Å². The molecule has 1 fully saturated rings. The minimum atomic E-state index is -2.90. The molecule has 0 aromatic carbocycles. The summed E-state index contributed by atoms with van der Waals surface area (Å²) in [5.74, 6) is 3.06. The molecule has 3 unspecified atom stereocenters. The molecule has 0 saturated carbocycles. The number of hydrogen-bond acceptors (Lipinski definition) is 3. The molecule has 0 radical (unpaired) electrons. The standard InChI is InChI=1S/C8H12O2S2/c1-4-8-6(2)5-12(9,10)11-7(8)3/h1,6-8H,5H2,2-3H3. The highest BCUT2D eigenvalue weighted by Crippen LogP contribution is 2.36. The van der Waals surface area contributed by atoms with Crippen LogP contribution in [0.5, 0.6) is 0 Å². The second-order valence-electron chi connectivity index (χ2n) is 3.20. The molecule has 1 aliphatic heterocycles. The zero-order valence-electron chi connectivity index (χ0n) is 7.15. The highest BCUT2D eigenvalue weighted by Gasteiger charge is 2.35. The lowest BCUT2D eigenvalue weighted by molar-refractivity contribution is 0.468. The maximum Gasteiger partial charge on any atom is 0.202 e. The lowest BCUT2D eigenvalue weighted by Gasteiger charge is -2.29. The van der Waals surface area contributed by atoms with Crippen LogP contribution in [0.3, 0.4) is 0 Å². The van der Waals surface area contributed by atoms with E-state index in [9.17, 15) is 8.42 Å². The molecule has 1 aliphatic rings. The molecule has 0 bridgehead atoms. The molecule has 0 spiro atoms. The number of rotatable bonds is 0. The first-order valence-corrected chi connectivity index (χ1v) is 6.88. The van der Waals surface area contributed by atoms with Crippen LogP contribution in [0.1, 0.15) is 13.8 Å². The molecule has 4 heteroatoms. The Bertz CT molecular complexity index is 282. The van der Waals surface area contributed by atoms with Crippen LogP contribution in [-0.4, -0.2) is 19.4 Å². The van der Waals surface area contributed by atoms with E-state index in [4.69, 9.17) is 6.42 Å². The van der Waals surface area contributed by atoms with Gasteiger partial charge in [0.05, 0.1) is 5.75 Å². The van der Waals surface area contributed by atoms with Crippen molar-refractivity contribution in [2.75, 3.05) is 5.75 Å². The van der Waals surface area contributed by atoms with E-state index in [1.807, 2.05) is 13.8 Å². The molecule has 1 heterocycles. The molecule has 68 valence electrons. The zero-order valence-corrected chi connectivity index (χ0v) is 8.78. The molecule has 0 aliphatic carbocycles. The van der Waals surface area contributed by atoms with E-state index in [2.05, 4.69) is 5.92 Å². The predicted octanol–water partition coefficient (Wildman–Crippen LogP) is 1.34. The molecule has 3 atom stereocenters. The monoisotopic (exact) mass is 204 g/mol. The van der Waals surface area contributed by atoms with Crippen LogP contribution in [0.25, 0.3) is 0 Å². The largest absolute Gasteiger partial charge is 0.217 e. The Morgan fingerprint density at radius 1 is 1.50 bits per heavy atom. The van der Waals surface area contributed by atoms with E-state index in [1.165, 1.54) is 0 Å². The molecule has 0 aromatic rings. The summed E-state index contributed by atoms with van der Waals surface area (Å²) in [6.07, 6.45) is 5.31. The van der Waals surface area contributed by atoms with Gasteiger partial charge in [-0.05, 0) is 16.7 Å². The van der Waals surface area contributed by atoms with Gasteiger partial charge in [-0.1, -0.05) is 13.8 Å². The molecule has 0 amide bonds. The summed E-state index contributed by atoms with van der Waals surface area (Å²) in [4.78, 5) is 0. The first kappa shape index (κ1) is 9.94. The smallest absolute Gasteiger partial charge is 0.202 e. The van der Waals surface area contributed by atoms with Crippen LogP contribution < -0.4 is 0 Å². The summed E-state index contributed by atoms with van der Waals surface area (Å²) in [7, 11) is -1.89. The third kappa shape index (κ3) is 1.96. The zero-order chi connectivity index (χ0) is 9.35. The van der Waals surface area contributed by atoms with Gasteiger partial charge in [0.15, 0.2) is 0 Å². The van der Waals surface area contributed by atoms with Crippen LogP contribution in [-0.2, 0) is 8.87 Å². The second kappa shape index (κ2) is 3.31. The van der Waals surface area contributed by atoms with E-state index in [0.29, 0.717) is 0 Å². The van der Waals surface area contributed by atoms with Gasteiger partial charge in [0.2, 0.25) is 8.87 Å². The van der Waals surface area contributed by atoms with Crippen molar-refractivity contribution in [1.82, 2.24) is 0 Å². The molecule has 0 N–H and O–H groups in total. The molecular weight excluding hydrogens is 192 g/mol. The van der Waals surface area contributed by atoms with Crippen molar-refractivity contribution in [2.24, 2.45) is 11.8 Å². The maximum atomic E-state index is 11.2. The first-order valence-electron chi connectivity index (χ1n) is 3.83. The topological polar surface area (TPSA) is 34.1 Å². The highest BCUT2D eigenvalue weighted by atomic mass is 33.1. The van der Waals surface area contributed by atoms with Crippen molar-refractivity contribution in [3.63, 3.8) is 0 Å². The van der Waals surface area contributed by atoms with Gasteiger partial charge >= 0.3 is 0 Å². The third-order valence-electron chi connectivity index (χ3n) is 2.08. The molecule has 1 saturated heterocycles. The van der Waals surface area contributed by atoms with E-state index >= 15 is 0 Å². The number of terminal acetylenes is 1. The molecular formula is C8H12O2S2. The van der Waals surface area contributed by atoms with E-state index in [1.54, 1.807) is 0 Å². The molecule has 0 aromatic heterocycles. The minimum absolute atomic E-state index is 0.0312. The first-order chi connectivity index (χ1) is 5.46. The number of hydrogen-bond donors (Lipinski definition) is 0.